The lowest BCUT2D eigenvalue weighted by atomic mass is 9.85. The van der Waals surface area contributed by atoms with Crippen LogP contribution in [0, 0.1) is 12.8 Å². The third-order valence-electron chi connectivity index (χ3n) is 4.21. The number of hydrogen-bond acceptors (Lipinski definition) is 0. The zero-order valence-corrected chi connectivity index (χ0v) is 15.2. The predicted molar refractivity (Wildman–Crippen MR) is 95.0 cm³/mol. The first-order chi connectivity index (χ1) is 10.2. The maximum absolute atomic E-state index is 2.33. The highest BCUT2D eigenvalue weighted by atomic mass is 14.9. The highest BCUT2D eigenvalue weighted by Gasteiger charge is 2.18. The van der Waals surface area contributed by atoms with Gasteiger partial charge in [0.1, 0.15) is 7.05 Å². The Morgan fingerprint density at radius 1 is 1.05 bits per heavy atom. The van der Waals surface area contributed by atoms with Crippen LogP contribution in [-0.4, -0.2) is 0 Å². The molecule has 1 heteroatoms. The Morgan fingerprint density at radius 2 is 1.73 bits per heavy atom. The van der Waals surface area contributed by atoms with Crippen LogP contribution in [0.3, 0.4) is 0 Å². The van der Waals surface area contributed by atoms with Crippen molar-refractivity contribution in [3.05, 3.63) is 53.2 Å². The standard InChI is InChI=1S/C21H30N/c1-15(2)12-17-8-11-20(22(7)14-17)19-10-9-18(13-16(19)3)21(4,5)6/h8-11,13-15H,12H2,1-7H3/q+1. The summed E-state index contributed by atoms with van der Waals surface area (Å²) in [6, 6.07) is 11.4. The van der Waals surface area contributed by atoms with Gasteiger partial charge in [-0.05, 0) is 47.9 Å². The van der Waals surface area contributed by atoms with Crippen LogP contribution in [0.1, 0.15) is 51.3 Å². The molecule has 22 heavy (non-hydrogen) atoms. The summed E-state index contributed by atoms with van der Waals surface area (Å²) < 4.78 is 2.26. The lowest BCUT2D eigenvalue weighted by Crippen LogP contribution is -2.31. The van der Waals surface area contributed by atoms with Crippen molar-refractivity contribution in [3.8, 4) is 11.3 Å². The molecule has 0 radical (unpaired) electrons. The van der Waals surface area contributed by atoms with Gasteiger partial charge in [0, 0.05) is 17.2 Å². The second-order valence-electron chi connectivity index (χ2n) is 7.91. The van der Waals surface area contributed by atoms with E-state index in [1.165, 1.54) is 27.9 Å². The van der Waals surface area contributed by atoms with E-state index >= 15 is 0 Å². The van der Waals surface area contributed by atoms with Gasteiger partial charge < -0.3 is 0 Å². The van der Waals surface area contributed by atoms with E-state index in [0.29, 0.717) is 5.92 Å². The van der Waals surface area contributed by atoms with Crippen LogP contribution in [0.15, 0.2) is 36.5 Å². The van der Waals surface area contributed by atoms with E-state index in [9.17, 15) is 0 Å². The molecule has 0 saturated carbocycles. The predicted octanol–water partition coefficient (Wildman–Crippen LogP) is 4.98. The lowest BCUT2D eigenvalue weighted by molar-refractivity contribution is -0.660. The molecule has 0 spiro atoms. The van der Waals surface area contributed by atoms with Gasteiger partial charge in [-0.3, -0.25) is 0 Å². The molecule has 0 aliphatic carbocycles. The molecule has 0 saturated heterocycles. The number of rotatable bonds is 3. The van der Waals surface area contributed by atoms with Gasteiger partial charge >= 0.3 is 0 Å². The van der Waals surface area contributed by atoms with E-state index in [4.69, 9.17) is 0 Å². The first-order valence-corrected chi connectivity index (χ1v) is 8.28. The molecule has 0 bridgehead atoms. The fraction of sp³-hybridized carbons (Fsp3) is 0.476. The van der Waals surface area contributed by atoms with Gasteiger partial charge in [-0.15, -0.1) is 0 Å². The molecule has 0 aliphatic heterocycles. The van der Waals surface area contributed by atoms with Crippen molar-refractivity contribution >= 4 is 0 Å². The minimum atomic E-state index is 0.201. The summed E-state index contributed by atoms with van der Waals surface area (Å²) in [5, 5.41) is 0. The molecule has 0 unspecified atom stereocenters. The Kier molecular flexibility index (Phi) is 4.75. The van der Waals surface area contributed by atoms with Crippen molar-refractivity contribution in [2.45, 2.75) is 53.4 Å². The Labute approximate surface area is 136 Å². The second-order valence-corrected chi connectivity index (χ2v) is 7.91. The molecule has 1 aromatic carbocycles. The molecule has 2 rings (SSSR count). The number of nitrogens with zero attached hydrogens (tertiary/aromatic N) is 1. The van der Waals surface area contributed by atoms with E-state index in [-0.39, 0.29) is 5.41 Å². The van der Waals surface area contributed by atoms with Crippen molar-refractivity contribution in [2.24, 2.45) is 13.0 Å². The van der Waals surface area contributed by atoms with E-state index in [2.05, 4.69) is 89.7 Å². The maximum atomic E-state index is 2.33. The van der Waals surface area contributed by atoms with E-state index < -0.39 is 0 Å². The average Bonchev–Trinajstić information content (AvgIpc) is 2.37. The van der Waals surface area contributed by atoms with Crippen LogP contribution >= 0.6 is 0 Å². The Hall–Kier alpha value is -1.63. The number of aryl methyl sites for hydroxylation is 2. The van der Waals surface area contributed by atoms with Crippen LogP contribution in [0.5, 0.6) is 0 Å². The number of benzene rings is 1. The molecular formula is C21H30N+. The highest BCUT2D eigenvalue weighted by Crippen LogP contribution is 2.28. The SMILES string of the molecule is Cc1cc(C(C)(C)C)ccc1-c1ccc(CC(C)C)c[n+]1C. The maximum Gasteiger partial charge on any atom is 0.212 e. The molecule has 2 aromatic rings. The Balaban J connectivity index is 2.40. The number of aromatic nitrogens is 1. The summed E-state index contributed by atoms with van der Waals surface area (Å²) in [7, 11) is 2.15. The Morgan fingerprint density at radius 3 is 2.23 bits per heavy atom. The molecular weight excluding hydrogens is 266 g/mol. The summed E-state index contributed by atoms with van der Waals surface area (Å²) in [4.78, 5) is 0. The second kappa shape index (κ2) is 6.24. The smallest absolute Gasteiger partial charge is 0.201 e. The molecule has 0 N–H and O–H groups in total. The van der Waals surface area contributed by atoms with Crippen molar-refractivity contribution < 1.29 is 4.57 Å². The van der Waals surface area contributed by atoms with Crippen LogP contribution in [0.25, 0.3) is 11.3 Å². The van der Waals surface area contributed by atoms with Crippen molar-refractivity contribution in [3.63, 3.8) is 0 Å². The van der Waals surface area contributed by atoms with E-state index in [1.54, 1.807) is 0 Å². The van der Waals surface area contributed by atoms with Crippen molar-refractivity contribution in [2.75, 3.05) is 0 Å². The average molecular weight is 296 g/mol. The zero-order valence-electron chi connectivity index (χ0n) is 15.2. The van der Waals surface area contributed by atoms with Gasteiger partial charge in [0.2, 0.25) is 5.69 Å². The van der Waals surface area contributed by atoms with Crippen LogP contribution in [0.4, 0.5) is 0 Å². The molecule has 0 aliphatic rings. The number of hydrogen-bond donors (Lipinski definition) is 0. The minimum absolute atomic E-state index is 0.201. The van der Waals surface area contributed by atoms with Crippen LogP contribution < -0.4 is 4.57 Å². The summed E-state index contributed by atoms with van der Waals surface area (Å²) in [6.45, 7) is 13.5. The summed E-state index contributed by atoms with van der Waals surface area (Å²) in [5.41, 5.74) is 6.96. The molecule has 1 heterocycles. The fourth-order valence-corrected chi connectivity index (χ4v) is 2.95. The van der Waals surface area contributed by atoms with Gasteiger partial charge in [0.15, 0.2) is 6.20 Å². The summed E-state index contributed by atoms with van der Waals surface area (Å²) in [5.74, 6) is 0.693. The van der Waals surface area contributed by atoms with Gasteiger partial charge in [-0.2, -0.15) is 0 Å². The monoisotopic (exact) mass is 296 g/mol. The lowest BCUT2D eigenvalue weighted by Gasteiger charge is -2.20. The Bertz CT molecular complexity index is 660. The van der Waals surface area contributed by atoms with E-state index in [1.807, 2.05) is 0 Å². The van der Waals surface area contributed by atoms with E-state index in [0.717, 1.165) is 6.42 Å². The fourth-order valence-electron chi connectivity index (χ4n) is 2.95. The minimum Gasteiger partial charge on any atom is -0.201 e. The third-order valence-corrected chi connectivity index (χ3v) is 4.21. The quantitative estimate of drug-likeness (QED) is 0.703. The summed E-state index contributed by atoms with van der Waals surface area (Å²) in [6.07, 6.45) is 3.41. The molecule has 1 aromatic heterocycles. The van der Waals surface area contributed by atoms with Crippen molar-refractivity contribution in [1.29, 1.82) is 0 Å². The van der Waals surface area contributed by atoms with Crippen molar-refractivity contribution in [1.82, 2.24) is 0 Å². The largest absolute Gasteiger partial charge is 0.212 e. The first-order valence-electron chi connectivity index (χ1n) is 8.28. The van der Waals surface area contributed by atoms with Crippen LogP contribution in [-0.2, 0) is 18.9 Å². The molecule has 1 nitrogen and oxygen atoms in total. The molecule has 0 atom stereocenters. The highest BCUT2D eigenvalue weighted by molar-refractivity contribution is 5.62. The summed E-state index contributed by atoms with van der Waals surface area (Å²) >= 11 is 0. The molecule has 0 amide bonds. The van der Waals surface area contributed by atoms with Crippen LogP contribution in [0.2, 0.25) is 0 Å². The van der Waals surface area contributed by atoms with Gasteiger partial charge in [-0.25, -0.2) is 4.57 Å². The zero-order chi connectivity index (χ0) is 16.5. The van der Waals surface area contributed by atoms with Gasteiger partial charge in [0.25, 0.3) is 0 Å². The molecule has 118 valence electrons. The van der Waals surface area contributed by atoms with Gasteiger partial charge in [-0.1, -0.05) is 46.8 Å². The van der Waals surface area contributed by atoms with Gasteiger partial charge in [0.05, 0.1) is 0 Å². The normalized spacial score (nSPS) is 12.0. The molecule has 0 fully saturated rings. The third kappa shape index (κ3) is 3.76. The topological polar surface area (TPSA) is 3.88 Å². The first kappa shape index (κ1) is 16.7. The number of pyridine rings is 1.